The van der Waals surface area contributed by atoms with Gasteiger partial charge in [0, 0.05) is 31.9 Å². The van der Waals surface area contributed by atoms with Crippen LogP contribution in [0.15, 0.2) is 6.20 Å². The van der Waals surface area contributed by atoms with Crippen LogP contribution in [0.3, 0.4) is 0 Å². The van der Waals surface area contributed by atoms with Gasteiger partial charge in [0.2, 0.25) is 10.0 Å². The van der Waals surface area contributed by atoms with Crippen molar-refractivity contribution in [3.8, 4) is 0 Å². The first-order valence-electron chi connectivity index (χ1n) is 7.74. The lowest BCUT2D eigenvalue weighted by molar-refractivity contribution is 0.0955. The molecule has 1 aliphatic rings. The molecule has 0 spiro atoms. The van der Waals surface area contributed by atoms with Gasteiger partial charge in [-0.2, -0.15) is 5.10 Å². The van der Waals surface area contributed by atoms with Crippen molar-refractivity contribution < 1.29 is 13.2 Å². The molecule has 2 heterocycles. The maximum absolute atomic E-state index is 12.1. The number of nitrogens with one attached hydrogen (secondary N) is 1. The van der Waals surface area contributed by atoms with Crippen molar-refractivity contribution in [3.05, 3.63) is 17.5 Å². The van der Waals surface area contributed by atoms with Gasteiger partial charge in [0.25, 0.3) is 5.91 Å². The van der Waals surface area contributed by atoms with E-state index in [0.29, 0.717) is 18.7 Å². The number of sulfonamides is 1. The molecule has 1 aliphatic heterocycles. The number of nitrogens with zero attached hydrogens (tertiary/aromatic N) is 3. The molecule has 0 aliphatic carbocycles. The highest BCUT2D eigenvalue weighted by molar-refractivity contribution is 7.89. The lowest BCUT2D eigenvalue weighted by Gasteiger charge is -2.15. The standard InChI is InChI=1S/C14H24N4O3S/c1-3-7-18-12(2)13(11-16-18)14(19)15-6-10-22(20,21)17-8-4-5-9-17/h11H,3-10H2,1-2H3,(H,15,19). The van der Waals surface area contributed by atoms with E-state index >= 15 is 0 Å². The Labute approximate surface area is 131 Å². The summed E-state index contributed by atoms with van der Waals surface area (Å²) in [5, 5.41) is 6.85. The Bertz CT molecular complexity index is 618. The van der Waals surface area contributed by atoms with Crippen molar-refractivity contribution in [2.45, 2.75) is 39.7 Å². The van der Waals surface area contributed by atoms with Gasteiger partial charge in [0.1, 0.15) is 0 Å². The molecule has 1 fully saturated rings. The summed E-state index contributed by atoms with van der Waals surface area (Å²) in [5.74, 6) is -0.322. The second-order valence-electron chi connectivity index (χ2n) is 5.54. The molecular formula is C14H24N4O3S. The SMILES string of the molecule is CCCn1ncc(C(=O)NCCS(=O)(=O)N2CCCC2)c1C. The molecule has 22 heavy (non-hydrogen) atoms. The molecule has 8 heteroatoms. The van der Waals surface area contributed by atoms with Gasteiger partial charge in [0.15, 0.2) is 0 Å². The molecule has 0 saturated carbocycles. The number of carbonyl (C=O) groups excluding carboxylic acids is 1. The van der Waals surface area contributed by atoms with Gasteiger partial charge in [-0.15, -0.1) is 0 Å². The minimum atomic E-state index is -3.25. The third kappa shape index (κ3) is 3.86. The van der Waals surface area contributed by atoms with E-state index in [1.807, 2.05) is 13.8 Å². The average Bonchev–Trinajstić information content (AvgIpc) is 3.10. The summed E-state index contributed by atoms with van der Waals surface area (Å²) in [7, 11) is -3.25. The largest absolute Gasteiger partial charge is 0.351 e. The fraction of sp³-hybridized carbons (Fsp3) is 0.714. The minimum Gasteiger partial charge on any atom is -0.351 e. The molecule has 1 aromatic rings. The molecule has 0 radical (unpaired) electrons. The fourth-order valence-electron chi connectivity index (χ4n) is 2.59. The zero-order valence-electron chi connectivity index (χ0n) is 13.2. The number of carbonyl (C=O) groups is 1. The highest BCUT2D eigenvalue weighted by Gasteiger charge is 2.25. The van der Waals surface area contributed by atoms with Crippen LogP contribution in [0.2, 0.25) is 0 Å². The molecule has 0 aromatic carbocycles. The van der Waals surface area contributed by atoms with E-state index in [4.69, 9.17) is 0 Å². The summed E-state index contributed by atoms with van der Waals surface area (Å²) in [6.07, 6.45) is 4.32. The zero-order valence-corrected chi connectivity index (χ0v) is 14.0. The summed E-state index contributed by atoms with van der Waals surface area (Å²) in [6, 6.07) is 0. The van der Waals surface area contributed by atoms with Crippen LogP contribution in [0.25, 0.3) is 0 Å². The van der Waals surface area contributed by atoms with Crippen molar-refractivity contribution in [1.29, 1.82) is 0 Å². The summed E-state index contributed by atoms with van der Waals surface area (Å²) >= 11 is 0. The number of rotatable bonds is 7. The van der Waals surface area contributed by atoms with E-state index in [1.54, 1.807) is 4.68 Å². The summed E-state index contributed by atoms with van der Waals surface area (Å²) in [4.78, 5) is 12.1. The molecule has 0 bridgehead atoms. The Morgan fingerprint density at radius 2 is 2.05 bits per heavy atom. The van der Waals surface area contributed by atoms with E-state index in [-0.39, 0.29) is 18.2 Å². The topological polar surface area (TPSA) is 84.3 Å². The van der Waals surface area contributed by atoms with E-state index in [1.165, 1.54) is 10.5 Å². The van der Waals surface area contributed by atoms with Crippen LogP contribution >= 0.6 is 0 Å². The Hall–Kier alpha value is -1.41. The molecular weight excluding hydrogens is 304 g/mol. The van der Waals surface area contributed by atoms with Crippen LogP contribution in [0.5, 0.6) is 0 Å². The fourth-order valence-corrected chi connectivity index (χ4v) is 4.02. The molecule has 1 amide bonds. The molecule has 124 valence electrons. The lowest BCUT2D eigenvalue weighted by atomic mass is 10.2. The third-order valence-electron chi connectivity index (χ3n) is 3.89. The second-order valence-corrected chi connectivity index (χ2v) is 7.63. The quantitative estimate of drug-likeness (QED) is 0.801. The molecule has 0 unspecified atom stereocenters. The summed E-state index contributed by atoms with van der Waals surface area (Å²) < 4.78 is 27.4. The van der Waals surface area contributed by atoms with Gasteiger partial charge in [-0.05, 0) is 26.2 Å². The predicted octanol–water partition coefficient (Wildman–Crippen LogP) is 0.757. The monoisotopic (exact) mass is 328 g/mol. The summed E-state index contributed by atoms with van der Waals surface area (Å²) in [5.41, 5.74) is 1.31. The highest BCUT2D eigenvalue weighted by atomic mass is 32.2. The van der Waals surface area contributed by atoms with Gasteiger partial charge < -0.3 is 5.32 Å². The minimum absolute atomic E-state index is 0.0547. The van der Waals surface area contributed by atoms with E-state index in [2.05, 4.69) is 10.4 Å². The first-order chi connectivity index (χ1) is 10.5. The van der Waals surface area contributed by atoms with Crippen LogP contribution in [-0.4, -0.2) is 53.8 Å². The van der Waals surface area contributed by atoms with Gasteiger partial charge in [-0.1, -0.05) is 6.92 Å². The molecule has 1 saturated heterocycles. The molecule has 0 atom stereocenters. The van der Waals surface area contributed by atoms with Crippen LogP contribution in [0.1, 0.15) is 42.2 Å². The molecule has 1 aromatic heterocycles. The number of hydrogen-bond acceptors (Lipinski definition) is 4. The first-order valence-corrected chi connectivity index (χ1v) is 9.35. The van der Waals surface area contributed by atoms with Crippen molar-refractivity contribution in [1.82, 2.24) is 19.4 Å². The number of aromatic nitrogens is 2. The highest BCUT2D eigenvalue weighted by Crippen LogP contribution is 2.13. The van der Waals surface area contributed by atoms with Gasteiger partial charge in [-0.25, -0.2) is 12.7 Å². The smallest absolute Gasteiger partial charge is 0.254 e. The maximum atomic E-state index is 12.1. The normalized spacial score (nSPS) is 16.1. The molecule has 7 nitrogen and oxygen atoms in total. The Balaban J connectivity index is 1.87. The average molecular weight is 328 g/mol. The Morgan fingerprint density at radius 3 is 2.68 bits per heavy atom. The van der Waals surface area contributed by atoms with Gasteiger partial charge in [0.05, 0.1) is 17.5 Å². The van der Waals surface area contributed by atoms with Crippen LogP contribution in [-0.2, 0) is 16.6 Å². The van der Waals surface area contributed by atoms with Crippen molar-refractivity contribution in [2.75, 3.05) is 25.4 Å². The van der Waals surface area contributed by atoms with Crippen molar-refractivity contribution >= 4 is 15.9 Å². The predicted molar refractivity (Wildman–Crippen MR) is 84.2 cm³/mol. The van der Waals surface area contributed by atoms with E-state index < -0.39 is 10.0 Å². The molecule has 2 rings (SSSR count). The Kier molecular flexibility index (Phi) is 5.57. The maximum Gasteiger partial charge on any atom is 0.254 e. The lowest BCUT2D eigenvalue weighted by Crippen LogP contribution is -2.36. The van der Waals surface area contributed by atoms with Gasteiger partial charge >= 0.3 is 0 Å². The van der Waals surface area contributed by atoms with Crippen molar-refractivity contribution in [3.63, 3.8) is 0 Å². The van der Waals surface area contributed by atoms with E-state index in [9.17, 15) is 13.2 Å². The number of aryl methyl sites for hydroxylation is 1. The first kappa shape index (κ1) is 17.0. The number of amides is 1. The molecule has 1 N–H and O–H groups in total. The van der Waals surface area contributed by atoms with Crippen molar-refractivity contribution in [2.24, 2.45) is 0 Å². The third-order valence-corrected chi connectivity index (χ3v) is 5.76. The van der Waals surface area contributed by atoms with Crippen LogP contribution in [0.4, 0.5) is 0 Å². The van der Waals surface area contributed by atoms with Crippen LogP contribution in [0, 0.1) is 6.92 Å². The van der Waals surface area contributed by atoms with Crippen LogP contribution < -0.4 is 5.32 Å². The zero-order chi connectivity index (χ0) is 16.2. The Morgan fingerprint density at radius 1 is 1.36 bits per heavy atom. The van der Waals surface area contributed by atoms with Gasteiger partial charge in [-0.3, -0.25) is 9.48 Å². The van der Waals surface area contributed by atoms with E-state index in [0.717, 1.165) is 31.5 Å². The summed E-state index contributed by atoms with van der Waals surface area (Å²) in [6.45, 7) is 5.97. The second kappa shape index (κ2) is 7.23. The number of hydrogen-bond donors (Lipinski definition) is 1.